The number of pyridine rings is 1. The van der Waals surface area contributed by atoms with E-state index in [2.05, 4.69) is 28.2 Å². The summed E-state index contributed by atoms with van der Waals surface area (Å²) in [5.41, 5.74) is 3.32. The maximum atomic E-state index is 5.27. The zero-order valence-electron chi connectivity index (χ0n) is 12.4. The monoisotopic (exact) mass is 271 g/mol. The number of anilines is 2. The normalized spacial score (nSPS) is 11.8. The number of benzene rings is 1. The van der Waals surface area contributed by atoms with Crippen molar-refractivity contribution < 1.29 is 4.74 Å². The van der Waals surface area contributed by atoms with Crippen LogP contribution in [0.4, 0.5) is 11.4 Å². The zero-order valence-corrected chi connectivity index (χ0v) is 12.4. The molecule has 1 N–H and O–H groups in total. The second kappa shape index (κ2) is 6.28. The maximum Gasteiger partial charge on any atom is 0.119 e. The van der Waals surface area contributed by atoms with Gasteiger partial charge in [-0.25, -0.2) is 0 Å². The third kappa shape index (κ3) is 3.20. The SMILES string of the molecule is COc1cccc(C(C)Nc2cnccc2N(C)C)c1. The van der Waals surface area contributed by atoms with Crippen LogP contribution in [0.15, 0.2) is 42.7 Å². The molecule has 0 fully saturated rings. The fraction of sp³-hybridized carbons (Fsp3) is 0.312. The van der Waals surface area contributed by atoms with Crippen molar-refractivity contribution in [3.8, 4) is 5.75 Å². The first-order chi connectivity index (χ1) is 9.61. The van der Waals surface area contributed by atoms with Crippen LogP contribution >= 0.6 is 0 Å². The van der Waals surface area contributed by atoms with Crippen molar-refractivity contribution in [1.29, 1.82) is 0 Å². The average Bonchev–Trinajstić information content (AvgIpc) is 2.47. The highest BCUT2D eigenvalue weighted by Crippen LogP contribution is 2.28. The van der Waals surface area contributed by atoms with Crippen LogP contribution in [-0.4, -0.2) is 26.2 Å². The Labute approximate surface area is 120 Å². The van der Waals surface area contributed by atoms with Gasteiger partial charge in [0.15, 0.2) is 0 Å². The summed E-state index contributed by atoms with van der Waals surface area (Å²) >= 11 is 0. The quantitative estimate of drug-likeness (QED) is 0.905. The molecule has 1 aromatic carbocycles. The van der Waals surface area contributed by atoms with E-state index >= 15 is 0 Å². The minimum atomic E-state index is 0.174. The van der Waals surface area contributed by atoms with Crippen LogP contribution in [0.3, 0.4) is 0 Å². The van der Waals surface area contributed by atoms with Gasteiger partial charge in [0, 0.05) is 26.3 Å². The summed E-state index contributed by atoms with van der Waals surface area (Å²) in [6, 6.07) is 10.3. The largest absolute Gasteiger partial charge is 0.497 e. The number of rotatable bonds is 5. The Kier molecular flexibility index (Phi) is 4.45. The molecule has 1 aromatic heterocycles. The predicted octanol–water partition coefficient (Wildman–Crippen LogP) is 3.33. The molecule has 0 aliphatic heterocycles. The van der Waals surface area contributed by atoms with Gasteiger partial charge in [-0.1, -0.05) is 12.1 Å². The van der Waals surface area contributed by atoms with Gasteiger partial charge < -0.3 is 15.0 Å². The summed E-state index contributed by atoms with van der Waals surface area (Å²) in [5, 5.41) is 3.50. The van der Waals surface area contributed by atoms with E-state index in [4.69, 9.17) is 4.74 Å². The molecule has 0 saturated carbocycles. The van der Waals surface area contributed by atoms with Crippen LogP contribution in [0.1, 0.15) is 18.5 Å². The molecule has 0 bridgehead atoms. The molecule has 0 spiro atoms. The molecule has 4 heteroatoms. The van der Waals surface area contributed by atoms with E-state index in [1.54, 1.807) is 13.3 Å². The molecule has 1 atom stereocenters. The first kappa shape index (κ1) is 14.2. The van der Waals surface area contributed by atoms with Crippen LogP contribution in [0, 0.1) is 0 Å². The van der Waals surface area contributed by atoms with Crippen LogP contribution in [-0.2, 0) is 0 Å². The third-order valence-corrected chi connectivity index (χ3v) is 3.25. The number of ether oxygens (including phenoxy) is 1. The number of aromatic nitrogens is 1. The van der Waals surface area contributed by atoms with Crippen molar-refractivity contribution in [3.05, 3.63) is 48.3 Å². The highest BCUT2D eigenvalue weighted by atomic mass is 16.5. The third-order valence-electron chi connectivity index (χ3n) is 3.25. The molecule has 0 aliphatic rings. The Balaban J connectivity index is 2.21. The second-order valence-electron chi connectivity index (χ2n) is 4.93. The van der Waals surface area contributed by atoms with Gasteiger partial charge in [-0.15, -0.1) is 0 Å². The van der Waals surface area contributed by atoms with Gasteiger partial charge >= 0.3 is 0 Å². The maximum absolute atomic E-state index is 5.27. The molecule has 0 amide bonds. The lowest BCUT2D eigenvalue weighted by molar-refractivity contribution is 0.414. The summed E-state index contributed by atoms with van der Waals surface area (Å²) in [5.74, 6) is 0.871. The molecule has 20 heavy (non-hydrogen) atoms. The van der Waals surface area contributed by atoms with E-state index in [1.807, 2.05) is 44.6 Å². The van der Waals surface area contributed by atoms with Crippen molar-refractivity contribution in [3.63, 3.8) is 0 Å². The Hall–Kier alpha value is -2.23. The lowest BCUT2D eigenvalue weighted by atomic mass is 10.1. The van der Waals surface area contributed by atoms with Crippen molar-refractivity contribution in [2.75, 3.05) is 31.4 Å². The standard InChI is InChI=1S/C16H21N3O/c1-12(13-6-5-7-14(10-13)20-4)18-15-11-17-9-8-16(15)19(2)3/h5-12,18H,1-4H3. The average molecular weight is 271 g/mol. The Bertz CT molecular complexity index is 569. The summed E-state index contributed by atoms with van der Waals surface area (Å²) in [7, 11) is 5.73. The van der Waals surface area contributed by atoms with Gasteiger partial charge in [0.05, 0.1) is 24.7 Å². The minimum absolute atomic E-state index is 0.174. The number of hydrogen-bond donors (Lipinski definition) is 1. The topological polar surface area (TPSA) is 37.4 Å². The second-order valence-corrected chi connectivity index (χ2v) is 4.93. The van der Waals surface area contributed by atoms with E-state index in [-0.39, 0.29) is 6.04 Å². The highest BCUT2D eigenvalue weighted by Gasteiger charge is 2.10. The molecule has 0 aliphatic carbocycles. The molecular formula is C16H21N3O. The first-order valence-electron chi connectivity index (χ1n) is 6.63. The summed E-state index contributed by atoms with van der Waals surface area (Å²) in [4.78, 5) is 6.27. The van der Waals surface area contributed by atoms with Crippen molar-refractivity contribution >= 4 is 11.4 Å². The van der Waals surface area contributed by atoms with Crippen LogP contribution < -0.4 is 15.0 Å². The molecule has 2 rings (SSSR count). The Morgan fingerprint density at radius 3 is 2.75 bits per heavy atom. The van der Waals surface area contributed by atoms with Gasteiger partial charge in [-0.3, -0.25) is 4.98 Å². The van der Waals surface area contributed by atoms with E-state index in [0.717, 1.165) is 17.1 Å². The molecule has 2 aromatic rings. The number of nitrogens with one attached hydrogen (secondary N) is 1. The van der Waals surface area contributed by atoms with Gasteiger partial charge in [-0.2, -0.15) is 0 Å². The molecule has 106 valence electrons. The van der Waals surface area contributed by atoms with Gasteiger partial charge in [0.2, 0.25) is 0 Å². The lowest BCUT2D eigenvalue weighted by Gasteiger charge is -2.21. The van der Waals surface area contributed by atoms with Crippen LogP contribution in [0.25, 0.3) is 0 Å². The Morgan fingerprint density at radius 1 is 1.25 bits per heavy atom. The van der Waals surface area contributed by atoms with E-state index in [1.165, 1.54) is 5.56 Å². The fourth-order valence-electron chi connectivity index (χ4n) is 2.12. The zero-order chi connectivity index (χ0) is 14.5. The molecular weight excluding hydrogens is 250 g/mol. The molecule has 1 unspecified atom stereocenters. The number of methoxy groups -OCH3 is 1. The van der Waals surface area contributed by atoms with Crippen molar-refractivity contribution in [2.45, 2.75) is 13.0 Å². The number of nitrogens with zero attached hydrogens (tertiary/aromatic N) is 2. The smallest absolute Gasteiger partial charge is 0.119 e. The van der Waals surface area contributed by atoms with E-state index in [9.17, 15) is 0 Å². The van der Waals surface area contributed by atoms with Gasteiger partial charge in [-0.05, 0) is 30.7 Å². The fourth-order valence-corrected chi connectivity index (χ4v) is 2.12. The summed E-state index contributed by atoms with van der Waals surface area (Å²) < 4.78 is 5.27. The minimum Gasteiger partial charge on any atom is -0.497 e. The first-order valence-corrected chi connectivity index (χ1v) is 6.63. The Morgan fingerprint density at radius 2 is 2.05 bits per heavy atom. The van der Waals surface area contributed by atoms with Crippen molar-refractivity contribution in [2.24, 2.45) is 0 Å². The van der Waals surface area contributed by atoms with Gasteiger partial charge in [0.25, 0.3) is 0 Å². The van der Waals surface area contributed by atoms with Crippen LogP contribution in [0.2, 0.25) is 0 Å². The summed E-state index contributed by atoms with van der Waals surface area (Å²) in [6.45, 7) is 2.13. The van der Waals surface area contributed by atoms with Crippen molar-refractivity contribution in [1.82, 2.24) is 4.98 Å². The molecule has 0 saturated heterocycles. The van der Waals surface area contributed by atoms with Gasteiger partial charge in [0.1, 0.15) is 5.75 Å². The van der Waals surface area contributed by atoms with E-state index in [0.29, 0.717) is 0 Å². The lowest BCUT2D eigenvalue weighted by Crippen LogP contribution is -2.14. The molecule has 4 nitrogen and oxygen atoms in total. The predicted molar refractivity (Wildman–Crippen MR) is 83.6 cm³/mol. The molecule has 1 heterocycles. The highest BCUT2D eigenvalue weighted by molar-refractivity contribution is 5.68. The summed E-state index contributed by atoms with van der Waals surface area (Å²) in [6.07, 6.45) is 3.66. The molecule has 0 radical (unpaired) electrons. The van der Waals surface area contributed by atoms with E-state index < -0.39 is 0 Å². The van der Waals surface area contributed by atoms with Crippen LogP contribution in [0.5, 0.6) is 5.75 Å². The number of hydrogen-bond acceptors (Lipinski definition) is 4.